The van der Waals surface area contributed by atoms with E-state index >= 15 is 0 Å². The largest absolute Gasteiger partial charge is 0.325 e. The average molecular weight is 443 g/mol. The van der Waals surface area contributed by atoms with Gasteiger partial charge in [-0.25, -0.2) is 0 Å². The molecule has 0 fully saturated rings. The third-order valence-corrected chi connectivity index (χ3v) is 5.98. The summed E-state index contributed by atoms with van der Waals surface area (Å²) in [5.74, 6) is 0.908. The number of aromatic nitrogens is 3. The van der Waals surface area contributed by atoms with Gasteiger partial charge in [0, 0.05) is 16.9 Å². The number of anilines is 1. The zero-order valence-electron chi connectivity index (χ0n) is 18.4. The monoisotopic (exact) mass is 442 g/mol. The van der Waals surface area contributed by atoms with Crippen LogP contribution in [0, 0.1) is 0 Å². The fraction of sp³-hybridized carbons (Fsp3) is 0.192. The first-order chi connectivity index (χ1) is 15.4. The molecule has 0 radical (unpaired) electrons. The maximum atomic E-state index is 12.5. The molecule has 5 nitrogen and oxygen atoms in total. The molecule has 32 heavy (non-hydrogen) atoms. The van der Waals surface area contributed by atoms with Crippen molar-refractivity contribution >= 4 is 23.4 Å². The molecule has 4 aromatic rings. The molecule has 1 N–H and O–H groups in total. The molecule has 0 saturated carbocycles. The summed E-state index contributed by atoms with van der Waals surface area (Å²) >= 11 is 1.37. The summed E-state index contributed by atoms with van der Waals surface area (Å²) in [5, 5.41) is 12.5. The third-order valence-electron chi connectivity index (χ3n) is 5.05. The van der Waals surface area contributed by atoms with Crippen LogP contribution in [0.3, 0.4) is 0 Å². The second-order valence-electron chi connectivity index (χ2n) is 8.51. The van der Waals surface area contributed by atoms with Gasteiger partial charge in [-0.05, 0) is 35.2 Å². The molecule has 4 rings (SSSR count). The zero-order chi connectivity index (χ0) is 22.6. The number of carbonyl (C=O) groups excluding carboxylic acids is 1. The zero-order valence-corrected chi connectivity index (χ0v) is 19.3. The summed E-state index contributed by atoms with van der Waals surface area (Å²) in [6, 6.07) is 27.9. The molecule has 0 spiro atoms. The Bertz CT molecular complexity index is 1180. The topological polar surface area (TPSA) is 59.8 Å². The average Bonchev–Trinajstić information content (AvgIpc) is 3.22. The van der Waals surface area contributed by atoms with Crippen LogP contribution < -0.4 is 5.32 Å². The Labute approximate surface area is 192 Å². The number of benzene rings is 3. The molecule has 0 atom stereocenters. The van der Waals surface area contributed by atoms with E-state index in [1.54, 1.807) is 0 Å². The number of rotatable bonds is 6. The highest BCUT2D eigenvalue weighted by Crippen LogP contribution is 2.30. The van der Waals surface area contributed by atoms with E-state index in [1.807, 2.05) is 65.2 Å². The van der Waals surface area contributed by atoms with Gasteiger partial charge in [0.05, 0.1) is 5.75 Å². The molecule has 0 saturated heterocycles. The standard InChI is InChI=1S/C26H26N4OS/c1-26(2,3)20-16-14-19(15-17-20)24-28-29-25(30(24)22-12-8-5-9-13-22)32-18-23(31)27-21-10-6-4-7-11-21/h4-17H,18H2,1-3H3,(H,27,31). The summed E-state index contributed by atoms with van der Waals surface area (Å²) in [6.07, 6.45) is 0. The number of hydrogen-bond donors (Lipinski definition) is 1. The quantitative estimate of drug-likeness (QED) is 0.374. The van der Waals surface area contributed by atoms with Crippen LogP contribution >= 0.6 is 11.8 Å². The van der Waals surface area contributed by atoms with E-state index in [0.29, 0.717) is 5.16 Å². The van der Waals surface area contributed by atoms with E-state index < -0.39 is 0 Å². The molecule has 1 aromatic heterocycles. The highest BCUT2D eigenvalue weighted by molar-refractivity contribution is 7.99. The Morgan fingerprint density at radius 2 is 1.50 bits per heavy atom. The molecule has 0 aliphatic heterocycles. The molecule has 1 heterocycles. The minimum absolute atomic E-state index is 0.0821. The van der Waals surface area contributed by atoms with Crippen molar-refractivity contribution < 1.29 is 4.79 Å². The second kappa shape index (κ2) is 9.40. The van der Waals surface area contributed by atoms with Crippen LogP contribution in [0.4, 0.5) is 5.69 Å². The lowest BCUT2D eigenvalue weighted by Gasteiger charge is -2.19. The van der Waals surface area contributed by atoms with Gasteiger partial charge in [0.15, 0.2) is 11.0 Å². The molecule has 3 aromatic carbocycles. The summed E-state index contributed by atoms with van der Waals surface area (Å²) in [4.78, 5) is 12.5. The molecule has 0 unspecified atom stereocenters. The van der Waals surface area contributed by atoms with Crippen LogP contribution in [0.25, 0.3) is 17.1 Å². The number of amides is 1. The van der Waals surface area contributed by atoms with Gasteiger partial charge in [0.25, 0.3) is 0 Å². The van der Waals surface area contributed by atoms with Crippen molar-refractivity contribution in [3.63, 3.8) is 0 Å². The normalized spacial score (nSPS) is 11.3. The first kappa shape index (κ1) is 21.8. The van der Waals surface area contributed by atoms with Crippen LogP contribution in [0.1, 0.15) is 26.3 Å². The first-order valence-electron chi connectivity index (χ1n) is 10.5. The lowest BCUT2D eigenvalue weighted by atomic mass is 9.87. The van der Waals surface area contributed by atoms with Gasteiger partial charge in [-0.15, -0.1) is 10.2 Å². The van der Waals surface area contributed by atoms with Crippen LogP contribution in [0.15, 0.2) is 90.1 Å². The fourth-order valence-corrected chi connectivity index (χ4v) is 4.08. The van der Waals surface area contributed by atoms with Crippen LogP contribution in [-0.2, 0) is 10.2 Å². The second-order valence-corrected chi connectivity index (χ2v) is 9.45. The maximum absolute atomic E-state index is 12.5. The number of hydrogen-bond acceptors (Lipinski definition) is 4. The third kappa shape index (κ3) is 5.08. The van der Waals surface area contributed by atoms with Crippen LogP contribution in [0.5, 0.6) is 0 Å². The molecular weight excluding hydrogens is 416 g/mol. The number of thioether (sulfide) groups is 1. The molecule has 0 aliphatic carbocycles. The Kier molecular flexibility index (Phi) is 6.42. The predicted octanol–water partition coefficient (Wildman–Crippen LogP) is 5.96. The Morgan fingerprint density at radius 1 is 0.875 bits per heavy atom. The summed E-state index contributed by atoms with van der Waals surface area (Å²) in [5.41, 5.74) is 4.06. The van der Waals surface area contributed by atoms with Gasteiger partial charge in [0.2, 0.25) is 5.91 Å². The van der Waals surface area contributed by atoms with E-state index in [-0.39, 0.29) is 17.1 Å². The van der Waals surface area contributed by atoms with Crippen molar-refractivity contribution in [2.75, 3.05) is 11.1 Å². The molecule has 162 valence electrons. The molecule has 0 aliphatic rings. The van der Waals surface area contributed by atoms with Crippen LogP contribution in [0.2, 0.25) is 0 Å². The Hall–Kier alpha value is -3.38. The van der Waals surface area contributed by atoms with Gasteiger partial charge in [-0.1, -0.05) is 93.2 Å². The predicted molar refractivity (Wildman–Crippen MR) is 131 cm³/mol. The van der Waals surface area contributed by atoms with Gasteiger partial charge >= 0.3 is 0 Å². The summed E-state index contributed by atoms with van der Waals surface area (Å²) in [6.45, 7) is 6.59. The van der Waals surface area contributed by atoms with Crippen molar-refractivity contribution in [1.82, 2.24) is 14.8 Å². The molecule has 0 bridgehead atoms. The van der Waals surface area contributed by atoms with E-state index in [2.05, 4.69) is 60.6 Å². The van der Waals surface area contributed by atoms with E-state index in [1.165, 1.54) is 17.3 Å². The maximum Gasteiger partial charge on any atom is 0.234 e. The molecule has 1 amide bonds. The summed E-state index contributed by atoms with van der Waals surface area (Å²) in [7, 11) is 0. The summed E-state index contributed by atoms with van der Waals surface area (Å²) < 4.78 is 2.01. The van der Waals surface area contributed by atoms with Crippen LogP contribution in [-0.4, -0.2) is 26.4 Å². The minimum atomic E-state index is -0.0834. The number of para-hydroxylation sites is 2. The Balaban J connectivity index is 1.61. The lowest BCUT2D eigenvalue weighted by molar-refractivity contribution is -0.113. The smallest absolute Gasteiger partial charge is 0.234 e. The van der Waals surface area contributed by atoms with Crippen molar-refractivity contribution in [2.45, 2.75) is 31.3 Å². The SMILES string of the molecule is CC(C)(C)c1ccc(-c2nnc(SCC(=O)Nc3ccccc3)n2-c2ccccc2)cc1. The lowest BCUT2D eigenvalue weighted by Crippen LogP contribution is -2.14. The highest BCUT2D eigenvalue weighted by Gasteiger charge is 2.19. The van der Waals surface area contributed by atoms with E-state index in [9.17, 15) is 4.79 Å². The minimum Gasteiger partial charge on any atom is -0.325 e. The Morgan fingerprint density at radius 3 is 2.12 bits per heavy atom. The van der Waals surface area contributed by atoms with Gasteiger partial charge < -0.3 is 5.32 Å². The molecular formula is C26H26N4OS. The fourth-order valence-electron chi connectivity index (χ4n) is 3.33. The van der Waals surface area contributed by atoms with Crippen molar-refractivity contribution in [2.24, 2.45) is 0 Å². The van der Waals surface area contributed by atoms with Crippen molar-refractivity contribution in [3.05, 3.63) is 90.5 Å². The first-order valence-corrected chi connectivity index (χ1v) is 11.5. The van der Waals surface area contributed by atoms with Crippen molar-refractivity contribution in [1.29, 1.82) is 0 Å². The number of nitrogens with zero attached hydrogens (tertiary/aromatic N) is 3. The number of nitrogens with one attached hydrogen (secondary N) is 1. The van der Waals surface area contributed by atoms with Gasteiger partial charge in [0.1, 0.15) is 0 Å². The van der Waals surface area contributed by atoms with E-state index in [0.717, 1.165) is 22.8 Å². The number of carbonyl (C=O) groups is 1. The molecule has 6 heteroatoms. The van der Waals surface area contributed by atoms with Crippen molar-refractivity contribution in [3.8, 4) is 17.1 Å². The van der Waals surface area contributed by atoms with E-state index in [4.69, 9.17) is 0 Å². The van der Waals surface area contributed by atoms with Gasteiger partial charge in [-0.3, -0.25) is 9.36 Å². The van der Waals surface area contributed by atoms with Gasteiger partial charge in [-0.2, -0.15) is 0 Å². The highest BCUT2D eigenvalue weighted by atomic mass is 32.2.